The molecule has 0 nitrogen and oxygen atoms in total. The van der Waals surface area contributed by atoms with E-state index in [-0.39, 0.29) is 32.8 Å². The van der Waals surface area contributed by atoms with Gasteiger partial charge in [0, 0.05) is 20.4 Å². The summed E-state index contributed by atoms with van der Waals surface area (Å²) in [7, 11) is -0.892. The summed E-state index contributed by atoms with van der Waals surface area (Å²) in [6.07, 6.45) is 0. The third-order valence-electron chi connectivity index (χ3n) is 6.09. The van der Waals surface area contributed by atoms with Crippen molar-refractivity contribution < 1.29 is 20.4 Å². The molecule has 40 heavy (non-hydrogen) atoms. The summed E-state index contributed by atoms with van der Waals surface area (Å²) in [6, 6.07) is 64.7. The van der Waals surface area contributed by atoms with Crippen LogP contribution in [0.4, 0.5) is 0 Å². The molecule has 0 saturated carbocycles. The maximum Gasteiger partial charge on any atom is 0 e. The van der Waals surface area contributed by atoms with Crippen LogP contribution in [0.25, 0.3) is 0 Å². The Kier molecular flexibility index (Phi) is 13.5. The van der Waals surface area contributed by atoms with Crippen molar-refractivity contribution in [1.82, 2.24) is 0 Å². The zero-order valence-corrected chi connectivity index (χ0v) is 26.1. The third kappa shape index (κ3) is 8.56. The van der Waals surface area contributed by atoms with Crippen LogP contribution in [0.3, 0.4) is 0 Å². The monoisotopic (exact) mass is 666 g/mol. The number of rotatable bonds is 6. The van der Waals surface area contributed by atoms with E-state index in [4.69, 9.17) is 0 Å². The van der Waals surface area contributed by atoms with Gasteiger partial charge in [0.2, 0.25) is 0 Å². The van der Waals surface area contributed by atoms with Crippen LogP contribution in [0.15, 0.2) is 182 Å². The average molecular weight is 667 g/mol. The Labute approximate surface area is 261 Å². The van der Waals surface area contributed by atoms with Gasteiger partial charge in [-0.25, -0.2) is 0 Å². The van der Waals surface area contributed by atoms with Crippen molar-refractivity contribution in [1.29, 1.82) is 0 Å². The first-order valence-electron chi connectivity index (χ1n) is 12.8. The quantitative estimate of drug-likeness (QED) is 0.129. The second kappa shape index (κ2) is 17.1. The molecular weight excluding hydrogens is 636 g/mol. The molecular formula is C36H31ClP2Pd. The fourth-order valence-electron chi connectivity index (χ4n) is 4.36. The molecule has 0 aliphatic rings. The summed E-state index contributed by atoms with van der Waals surface area (Å²) in [5.41, 5.74) is 0. The fraction of sp³-hybridized carbons (Fsp3) is 0. The molecule has 0 N–H and O–H groups in total. The van der Waals surface area contributed by atoms with E-state index in [0.29, 0.717) is 0 Å². The first kappa shape index (κ1) is 31.7. The van der Waals surface area contributed by atoms with E-state index >= 15 is 0 Å². The Hall–Kier alpha value is -2.87. The van der Waals surface area contributed by atoms with Crippen LogP contribution in [0.2, 0.25) is 0 Å². The van der Waals surface area contributed by atoms with E-state index in [1.807, 2.05) is 0 Å². The van der Waals surface area contributed by atoms with Crippen molar-refractivity contribution in [2.45, 2.75) is 0 Å². The predicted molar refractivity (Wildman–Crippen MR) is 178 cm³/mol. The second-order valence-corrected chi connectivity index (χ2v) is 13.1. The maximum absolute atomic E-state index is 2.23. The number of hydrogen-bond donors (Lipinski definition) is 0. The van der Waals surface area contributed by atoms with Crippen LogP contribution in [-0.4, -0.2) is 0 Å². The molecule has 4 heteroatoms. The third-order valence-corrected chi connectivity index (χ3v) is 11.0. The average Bonchev–Trinajstić information content (AvgIpc) is 3.01. The summed E-state index contributed by atoms with van der Waals surface area (Å²) in [4.78, 5) is 0. The fourth-order valence-corrected chi connectivity index (χ4v) is 8.97. The molecule has 0 heterocycles. The van der Waals surface area contributed by atoms with Gasteiger partial charge in [0.25, 0.3) is 0 Å². The smallest absolute Gasteiger partial charge is 0 e. The Morgan fingerprint density at radius 1 is 0.225 bits per heavy atom. The first-order valence-corrected chi connectivity index (χ1v) is 15.5. The number of hydrogen-bond acceptors (Lipinski definition) is 0. The van der Waals surface area contributed by atoms with E-state index < -0.39 is 15.8 Å². The number of benzene rings is 6. The molecule has 0 atom stereocenters. The van der Waals surface area contributed by atoms with Gasteiger partial charge in [-0.2, -0.15) is 0 Å². The molecule has 0 radical (unpaired) electrons. The van der Waals surface area contributed by atoms with Crippen LogP contribution in [0.1, 0.15) is 0 Å². The van der Waals surface area contributed by atoms with Crippen LogP contribution in [0.5, 0.6) is 0 Å². The van der Waals surface area contributed by atoms with Crippen LogP contribution >= 0.6 is 28.3 Å². The molecule has 202 valence electrons. The van der Waals surface area contributed by atoms with Crippen molar-refractivity contribution in [3.05, 3.63) is 182 Å². The van der Waals surface area contributed by atoms with Gasteiger partial charge in [-0.05, 0) is 47.7 Å². The molecule has 6 rings (SSSR count). The van der Waals surface area contributed by atoms with Crippen molar-refractivity contribution >= 4 is 60.1 Å². The minimum atomic E-state index is -0.446. The van der Waals surface area contributed by atoms with Crippen LogP contribution in [0, 0.1) is 0 Å². The minimum Gasteiger partial charge on any atom is -0.147 e. The van der Waals surface area contributed by atoms with Gasteiger partial charge in [-0.3, -0.25) is 0 Å². The summed E-state index contributed by atoms with van der Waals surface area (Å²) in [5.74, 6) is 0. The van der Waals surface area contributed by atoms with Gasteiger partial charge in [-0.15, -0.1) is 12.4 Å². The summed E-state index contributed by atoms with van der Waals surface area (Å²) < 4.78 is 0. The molecule has 0 bridgehead atoms. The van der Waals surface area contributed by atoms with Gasteiger partial charge in [-0.1, -0.05) is 182 Å². The molecule has 0 amide bonds. The molecule has 0 aromatic heterocycles. The van der Waals surface area contributed by atoms with Crippen LogP contribution in [-0.2, 0) is 20.4 Å². The molecule has 0 fully saturated rings. The van der Waals surface area contributed by atoms with Crippen molar-refractivity contribution in [2.24, 2.45) is 0 Å². The van der Waals surface area contributed by atoms with Crippen molar-refractivity contribution in [2.75, 3.05) is 0 Å². The van der Waals surface area contributed by atoms with E-state index in [1.165, 1.54) is 31.8 Å². The summed E-state index contributed by atoms with van der Waals surface area (Å²) >= 11 is 0. The Morgan fingerprint density at radius 2 is 0.350 bits per heavy atom. The predicted octanol–water partition coefficient (Wildman–Crippen LogP) is 7.31. The molecule has 6 aromatic carbocycles. The SMILES string of the molecule is Cl.[Pd].c1ccc(P(c2ccccc2)c2ccccc2)cc1.c1ccc(P(c2ccccc2)c2ccccc2)cc1. The number of halogens is 1. The normalized spacial score (nSPS) is 10.1. The minimum absolute atomic E-state index is 0. The zero-order valence-electron chi connectivity index (χ0n) is 21.9. The second-order valence-electron chi connectivity index (χ2n) is 8.68. The van der Waals surface area contributed by atoms with Crippen molar-refractivity contribution in [3.63, 3.8) is 0 Å². The molecule has 0 saturated heterocycles. The topological polar surface area (TPSA) is 0 Å². The van der Waals surface area contributed by atoms with Gasteiger partial charge in [0.1, 0.15) is 0 Å². The molecule has 0 aliphatic heterocycles. The standard InChI is InChI=1S/2C18H15P.ClH.Pd/c2*1-4-10-16(11-5-1)19(17-12-6-2-7-13-17)18-14-8-3-9-15-18;;/h2*1-15H;1H;. The summed E-state index contributed by atoms with van der Waals surface area (Å²) in [6.45, 7) is 0. The van der Waals surface area contributed by atoms with Crippen LogP contribution < -0.4 is 31.8 Å². The maximum atomic E-state index is 2.23. The Bertz CT molecular complexity index is 1180. The van der Waals surface area contributed by atoms with Gasteiger partial charge >= 0.3 is 0 Å². The zero-order chi connectivity index (χ0) is 25.8. The largest absolute Gasteiger partial charge is 0.147 e. The summed E-state index contributed by atoms with van der Waals surface area (Å²) in [5, 5.41) is 8.39. The van der Waals surface area contributed by atoms with E-state index in [9.17, 15) is 0 Å². The van der Waals surface area contributed by atoms with Gasteiger partial charge in [0.15, 0.2) is 0 Å². The van der Waals surface area contributed by atoms with Crippen molar-refractivity contribution in [3.8, 4) is 0 Å². The molecule has 0 aliphatic carbocycles. The Morgan fingerprint density at radius 3 is 0.475 bits per heavy atom. The van der Waals surface area contributed by atoms with E-state index in [2.05, 4.69) is 182 Å². The molecule has 6 aromatic rings. The van der Waals surface area contributed by atoms with E-state index in [1.54, 1.807) is 0 Å². The molecule has 0 spiro atoms. The van der Waals surface area contributed by atoms with Gasteiger partial charge in [0.05, 0.1) is 0 Å². The first-order chi connectivity index (χ1) is 18.9. The molecule has 0 unspecified atom stereocenters. The van der Waals surface area contributed by atoms with E-state index in [0.717, 1.165) is 0 Å². The van der Waals surface area contributed by atoms with Gasteiger partial charge < -0.3 is 0 Å². The Balaban J connectivity index is 0.000000210.